The molecule has 2 aromatic rings. The van der Waals surface area contributed by atoms with Gasteiger partial charge in [0.25, 0.3) is 0 Å². The van der Waals surface area contributed by atoms with Crippen LogP contribution in [0.15, 0.2) is 36.4 Å². The molecule has 1 unspecified atom stereocenters. The zero-order chi connectivity index (χ0) is 11.8. The summed E-state index contributed by atoms with van der Waals surface area (Å²) in [6, 6.07) is 12.2. The molecular weight excluding hydrogens is 196 g/mol. The lowest BCUT2D eigenvalue weighted by atomic mass is 9.97. The van der Waals surface area contributed by atoms with E-state index in [2.05, 4.69) is 12.1 Å². The molecule has 1 nitrogen and oxygen atoms in total. The Balaban J connectivity index is 2.24. The third-order valence-electron chi connectivity index (χ3n) is 3.22. The fourth-order valence-electron chi connectivity index (χ4n) is 2.36. The molecular formula is C15H14O. The highest BCUT2D eigenvalue weighted by molar-refractivity contribution is 6.01. The number of ketones is 1. The molecule has 1 aliphatic rings. The molecule has 16 heavy (non-hydrogen) atoms. The smallest absolute Gasteiger partial charge is 0.163 e. The zero-order valence-corrected chi connectivity index (χ0v) is 9.07. The SMILES string of the molecule is [2H]C1CCCc2cc3ccccc3cc2C1=O. The van der Waals surface area contributed by atoms with E-state index in [-0.39, 0.29) is 5.78 Å². The molecule has 1 atom stereocenters. The number of fused-ring (bicyclic) bond motifs is 2. The fraction of sp³-hybridized carbons (Fsp3) is 0.267. The molecule has 0 fully saturated rings. The standard InChI is InChI=1S/C15H14O/c16-15-8-4-3-7-13-9-11-5-1-2-6-12(11)10-14(13)15/h1-2,5-6,9-10H,3-4,7-8H2/i8D. The largest absolute Gasteiger partial charge is 0.294 e. The second-order valence-corrected chi connectivity index (χ2v) is 4.32. The van der Waals surface area contributed by atoms with Crippen LogP contribution in [0.5, 0.6) is 0 Å². The van der Waals surface area contributed by atoms with Gasteiger partial charge in [0.1, 0.15) is 0 Å². The van der Waals surface area contributed by atoms with E-state index in [1.165, 1.54) is 5.39 Å². The molecule has 0 aromatic heterocycles. The predicted molar refractivity (Wildman–Crippen MR) is 65.8 cm³/mol. The van der Waals surface area contributed by atoms with Crippen LogP contribution in [0.25, 0.3) is 10.8 Å². The molecule has 0 amide bonds. The van der Waals surface area contributed by atoms with Crippen molar-refractivity contribution in [3.8, 4) is 0 Å². The van der Waals surface area contributed by atoms with Crippen LogP contribution >= 0.6 is 0 Å². The first kappa shape index (κ1) is 8.51. The van der Waals surface area contributed by atoms with Crippen LogP contribution < -0.4 is 0 Å². The molecule has 0 N–H and O–H groups in total. The summed E-state index contributed by atoms with van der Waals surface area (Å²) in [7, 11) is 0. The van der Waals surface area contributed by atoms with E-state index >= 15 is 0 Å². The second-order valence-electron chi connectivity index (χ2n) is 4.32. The number of Topliss-reactive ketones (excluding diaryl/α,β-unsaturated/α-hetero) is 1. The van der Waals surface area contributed by atoms with E-state index < -0.39 is 6.40 Å². The Morgan fingerprint density at radius 3 is 2.62 bits per heavy atom. The summed E-state index contributed by atoms with van der Waals surface area (Å²) >= 11 is 0. The van der Waals surface area contributed by atoms with Crippen molar-refractivity contribution in [2.75, 3.05) is 0 Å². The Kier molecular flexibility index (Phi) is 1.99. The van der Waals surface area contributed by atoms with Crippen molar-refractivity contribution in [1.82, 2.24) is 0 Å². The van der Waals surface area contributed by atoms with Gasteiger partial charge in [-0.15, -0.1) is 0 Å². The average Bonchev–Trinajstić information content (AvgIpc) is 2.48. The molecule has 80 valence electrons. The lowest BCUT2D eigenvalue weighted by Crippen LogP contribution is -1.99. The third-order valence-corrected chi connectivity index (χ3v) is 3.22. The molecule has 1 aliphatic carbocycles. The Morgan fingerprint density at radius 2 is 1.81 bits per heavy atom. The number of benzene rings is 2. The highest BCUT2D eigenvalue weighted by Gasteiger charge is 2.15. The lowest BCUT2D eigenvalue weighted by Gasteiger charge is -2.06. The summed E-state index contributed by atoms with van der Waals surface area (Å²) in [5.74, 6) is -0.0109. The van der Waals surface area contributed by atoms with Crippen LogP contribution in [-0.4, -0.2) is 5.78 Å². The predicted octanol–water partition coefficient (Wildman–Crippen LogP) is 3.75. The minimum absolute atomic E-state index is 0.0109. The third kappa shape index (κ3) is 1.53. The van der Waals surface area contributed by atoms with Gasteiger partial charge in [0.05, 0.1) is 0 Å². The molecule has 2 aromatic carbocycles. The van der Waals surface area contributed by atoms with Crippen LogP contribution in [0.2, 0.25) is 0 Å². The van der Waals surface area contributed by atoms with E-state index in [0.29, 0.717) is 6.42 Å². The van der Waals surface area contributed by atoms with Crippen LogP contribution in [0.4, 0.5) is 0 Å². The molecule has 1 heteroatoms. The van der Waals surface area contributed by atoms with Gasteiger partial charge in [0, 0.05) is 13.3 Å². The number of aryl methyl sites for hydroxylation is 1. The Bertz CT molecular complexity index is 588. The van der Waals surface area contributed by atoms with Gasteiger partial charge in [-0.3, -0.25) is 4.79 Å². The van der Waals surface area contributed by atoms with Crippen molar-refractivity contribution in [3.63, 3.8) is 0 Å². The summed E-state index contributed by atoms with van der Waals surface area (Å²) in [6.45, 7) is 0. The van der Waals surface area contributed by atoms with Crippen LogP contribution in [0.3, 0.4) is 0 Å². The van der Waals surface area contributed by atoms with E-state index in [9.17, 15) is 4.79 Å². The molecule has 3 rings (SSSR count). The van der Waals surface area contributed by atoms with Gasteiger partial charge in [-0.05, 0) is 41.7 Å². The molecule has 0 radical (unpaired) electrons. The number of hydrogen-bond donors (Lipinski definition) is 0. The van der Waals surface area contributed by atoms with Gasteiger partial charge in [-0.25, -0.2) is 0 Å². The summed E-state index contributed by atoms with van der Waals surface area (Å²) < 4.78 is 7.81. The van der Waals surface area contributed by atoms with Crippen molar-refractivity contribution in [3.05, 3.63) is 47.5 Å². The molecule has 0 saturated heterocycles. The maximum absolute atomic E-state index is 12.1. The van der Waals surface area contributed by atoms with Crippen molar-refractivity contribution in [2.45, 2.75) is 25.7 Å². The Hall–Kier alpha value is -1.63. The van der Waals surface area contributed by atoms with Crippen molar-refractivity contribution < 1.29 is 6.17 Å². The number of rotatable bonds is 0. The summed E-state index contributed by atoms with van der Waals surface area (Å²) in [4.78, 5) is 12.1. The second kappa shape index (κ2) is 3.75. The first-order valence-corrected chi connectivity index (χ1v) is 5.74. The number of carbonyl (C=O) groups excluding carboxylic acids is 1. The van der Waals surface area contributed by atoms with Gasteiger partial charge in [0.15, 0.2) is 5.78 Å². The van der Waals surface area contributed by atoms with Crippen molar-refractivity contribution >= 4 is 16.6 Å². The Labute approximate surface area is 96.5 Å². The summed E-state index contributed by atoms with van der Waals surface area (Å²) in [5.41, 5.74) is 1.88. The van der Waals surface area contributed by atoms with Crippen LogP contribution in [0.1, 0.15) is 36.5 Å². The molecule has 0 heterocycles. The highest BCUT2D eigenvalue weighted by atomic mass is 16.1. The van der Waals surface area contributed by atoms with Crippen LogP contribution in [-0.2, 0) is 6.42 Å². The lowest BCUT2D eigenvalue weighted by molar-refractivity contribution is 0.0982. The van der Waals surface area contributed by atoms with E-state index in [1.54, 1.807) is 0 Å². The summed E-state index contributed by atoms with van der Waals surface area (Å²) in [6.07, 6.45) is 1.97. The number of carbonyl (C=O) groups is 1. The van der Waals surface area contributed by atoms with Gasteiger partial charge >= 0.3 is 0 Å². The Morgan fingerprint density at radius 1 is 1.06 bits per heavy atom. The summed E-state index contributed by atoms with van der Waals surface area (Å²) in [5, 5.41) is 2.27. The van der Waals surface area contributed by atoms with E-state index in [1.807, 2.05) is 24.3 Å². The quantitative estimate of drug-likeness (QED) is 0.606. The van der Waals surface area contributed by atoms with Crippen LogP contribution in [0, 0.1) is 0 Å². The van der Waals surface area contributed by atoms with Crippen molar-refractivity contribution in [1.29, 1.82) is 0 Å². The van der Waals surface area contributed by atoms with Gasteiger partial charge in [-0.2, -0.15) is 0 Å². The molecule has 0 bridgehead atoms. The maximum Gasteiger partial charge on any atom is 0.163 e. The zero-order valence-electron chi connectivity index (χ0n) is 10.1. The average molecular weight is 211 g/mol. The maximum atomic E-state index is 12.1. The molecule has 0 saturated carbocycles. The fourth-order valence-corrected chi connectivity index (χ4v) is 2.36. The van der Waals surface area contributed by atoms with E-state index in [0.717, 1.165) is 29.4 Å². The van der Waals surface area contributed by atoms with Gasteiger partial charge in [0.2, 0.25) is 0 Å². The van der Waals surface area contributed by atoms with E-state index in [4.69, 9.17) is 1.37 Å². The van der Waals surface area contributed by atoms with Gasteiger partial charge < -0.3 is 0 Å². The van der Waals surface area contributed by atoms with Gasteiger partial charge in [-0.1, -0.05) is 30.3 Å². The molecule has 0 spiro atoms. The minimum Gasteiger partial charge on any atom is -0.294 e. The number of hydrogen-bond acceptors (Lipinski definition) is 1. The normalized spacial score (nSPS) is 21.4. The molecule has 0 aliphatic heterocycles. The highest BCUT2D eigenvalue weighted by Crippen LogP contribution is 2.25. The topological polar surface area (TPSA) is 17.1 Å². The first-order valence-electron chi connectivity index (χ1n) is 6.31. The van der Waals surface area contributed by atoms with Crippen molar-refractivity contribution in [2.24, 2.45) is 0 Å². The monoisotopic (exact) mass is 211 g/mol. The first-order chi connectivity index (χ1) is 8.25. The minimum atomic E-state index is -0.572.